The Balaban J connectivity index is 0.00000361. The van der Waals surface area contributed by atoms with Gasteiger partial charge in [0.1, 0.15) is 0 Å². The van der Waals surface area contributed by atoms with Gasteiger partial charge in [-0.1, -0.05) is 13.3 Å². The van der Waals surface area contributed by atoms with Crippen molar-refractivity contribution >= 4 is 41.3 Å². The zero-order valence-corrected chi connectivity index (χ0v) is 16.1. The van der Waals surface area contributed by atoms with Crippen LogP contribution in [-0.2, 0) is 6.42 Å². The molecule has 0 atom stereocenters. The molecule has 6 heteroatoms. The summed E-state index contributed by atoms with van der Waals surface area (Å²) in [5, 5.41) is 6.75. The van der Waals surface area contributed by atoms with Gasteiger partial charge in [-0.05, 0) is 19.8 Å². The first-order chi connectivity index (χ1) is 9.17. The van der Waals surface area contributed by atoms with Crippen LogP contribution < -0.4 is 5.32 Å². The summed E-state index contributed by atoms with van der Waals surface area (Å²) in [4.78, 5) is 11.0. The maximum absolute atomic E-state index is 4.47. The quantitative estimate of drug-likeness (QED) is 0.325. The molecule has 116 valence electrons. The van der Waals surface area contributed by atoms with Crippen LogP contribution in [0.4, 0.5) is 0 Å². The fourth-order valence-electron chi connectivity index (χ4n) is 1.84. The minimum absolute atomic E-state index is 0. The highest BCUT2D eigenvalue weighted by Crippen LogP contribution is 2.10. The average Bonchev–Trinajstić information content (AvgIpc) is 2.82. The Morgan fingerprint density at radius 1 is 1.45 bits per heavy atom. The molecule has 0 aliphatic heterocycles. The fraction of sp³-hybridized carbons (Fsp3) is 0.714. The van der Waals surface area contributed by atoms with E-state index in [9.17, 15) is 0 Å². The Hall–Kier alpha value is -0.370. The van der Waals surface area contributed by atoms with Gasteiger partial charge >= 0.3 is 0 Å². The molecule has 4 nitrogen and oxygen atoms in total. The zero-order chi connectivity index (χ0) is 14.1. The number of hydrogen-bond acceptors (Lipinski definition) is 3. The van der Waals surface area contributed by atoms with Crippen molar-refractivity contribution in [2.24, 2.45) is 4.99 Å². The average molecular weight is 410 g/mol. The standard InChI is InChI=1S/C14H26N4S.HI/c1-5-6-10-18(4)14(15-3)16-9-7-8-13-17-12(2)11-19-13;/h11H,5-10H2,1-4H3,(H,15,16);1H. The minimum atomic E-state index is 0. The van der Waals surface area contributed by atoms with Gasteiger partial charge in [0, 0.05) is 44.7 Å². The SMILES string of the molecule is CCCCN(C)C(=NC)NCCCc1nc(C)cs1.I. The summed E-state index contributed by atoms with van der Waals surface area (Å²) in [7, 11) is 3.93. The van der Waals surface area contributed by atoms with Crippen LogP contribution in [0.1, 0.15) is 36.9 Å². The highest BCUT2D eigenvalue weighted by molar-refractivity contribution is 14.0. The molecule has 1 rings (SSSR count). The van der Waals surface area contributed by atoms with Crippen LogP contribution >= 0.6 is 35.3 Å². The van der Waals surface area contributed by atoms with E-state index in [4.69, 9.17) is 0 Å². The Morgan fingerprint density at radius 3 is 2.75 bits per heavy atom. The predicted octanol–water partition coefficient (Wildman–Crippen LogP) is 3.31. The third-order valence-electron chi connectivity index (χ3n) is 2.94. The van der Waals surface area contributed by atoms with Gasteiger partial charge in [0.15, 0.2) is 5.96 Å². The van der Waals surface area contributed by atoms with Gasteiger partial charge in [-0.2, -0.15) is 0 Å². The van der Waals surface area contributed by atoms with Crippen LogP contribution in [0.15, 0.2) is 10.4 Å². The number of guanidine groups is 1. The Labute approximate surface area is 144 Å². The summed E-state index contributed by atoms with van der Waals surface area (Å²) >= 11 is 1.75. The number of rotatable bonds is 7. The van der Waals surface area contributed by atoms with Gasteiger partial charge < -0.3 is 10.2 Å². The maximum atomic E-state index is 4.47. The van der Waals surface area contributed by atoms with Crippen molar-refractivity contribution in [3.05, 3.63) is 16.1 Å². The number of thiazole rings is 1. The first kappa shape index (κ1) is 19.6. The van der Waals surface area contributed by atoms with Crippen LogP contribution in [-0.4, -0.2) is 43.0 Å². The molecular formula is C14H27IN4S. The molecule has 0 saturated carbocycles. The molecule has 0 aliphatic carbocycles. The van der Waals surface area contributed by atoms with Crippen molar-refractivity contribution in [3.63, 3.8) is 0 Å². The number of nitrogens with zero attached hydrogens (tertiary/aromatic N) is 3. The van der Waals surface area contributed by atoms with E-state index in [0.29, 0.717) is 0 Å². The summed E-state index contributed by atoms with van der Waals surface area (Å²) in [5.74, 6) is 0.990. The molecule has 20 heavy (non-hydrogen) atoms. The Morgan fingerprint density at radius 2 is 2.20 bits per heavy atom. The molecule has 0 unspecified atom stereocenters. The van der Waals surface area contributed by atoms with E-state index in [0.717, 1.165) is 37.6 Å². The van der Waals surface area contributed by atoms with Gasteiger partial charge in [-0.25, -0.2) is 4.98 Å². The van der Waals surface area contributed by atoms with E-state index in [1.165, 1.54) is 17.8 Å². The second-order valence-corrected chi connectivity index (χ2v) is 5.68. The van der Waals surface area contributed by atoms with Crippen molar-refractivity contribution in [2.45, 2.75) is 39.5 Å². The first-order valence-corrected chi connectivity index (χ1v) is 7.88. The monoisotopic (exact) mass is 410 g/mol. The summed E-state index contributed by atoms with van der Waals surface area (Å²) < 4.78 is 0. The molecule has 0 spiro atoms. The molecule has 0 fully saturated rings. The number of aromatic nitrogens is 1. The molecule has 1 heterocycles. The summed E-state index contributed by atoms with van der Waals surface area (Å²) in [6, 6.07) is 0. The van der Waals surface area contributed by atoms with Gasteiger partial charge in [0.2, 0.25) is 0 Å². The summed E-state index contributed by atoms with van der Waals surface area (Å²) in [6.07, 6.45) is 4.55. The van der Waals surface area contributed by atoms with E-state index < -0.39 is 0 Å². The van der Waals surface area contributed by atoms with E-state index in [1.807, 2.05) is 14.0 Å². The zero-order valence-electron chi connectivity index (χ0n) is 13.0. The highest BCUT2D eigenvalue weighted by Gasteiger charge is 2.04. The molecule has 0 saturated heterocycles. The van der Waals surface area contributed by atoms with E-state index in [2.05, 4.69) is 39.5 Å². The number of hydrogen-bond donors (Lipinski definition) is 1. The van der Waals surface area contributed by atoms with Crippen LogP contribution in [0.5, 0.6) is 0 Å². The molecule has 1 aromatic heterocycles. The molecular weight excluding hydrogens is 383 g/mol. The van der Waals surface area contributed by atoms with E-state index in [1.54, 1.807) is 11.3 Å². The Bertz CT molecular complexity index is 392. The number of halogens is 1. The molecule has 0 amide bonds. The lowest BCUT2D eigenvalue weighted by Gasteiger charge is -2.21. The number of aryl methyl sites for hydroxylation is 2. The lowest BCUT2D eigenvalue weighted by Crippen LogP contribution is -2.39. The van der Waals surface area contributed by atoms with Gasteiger partial charge in [0.05, 0.1) is 5.01 Å². The van der Waals surface area contributed by atoms with E-state index in [-0.39, 0.29) is 24.0 Å². The molecule has 0 radical (unpaired) electrons. The van der Waals surface area contributed by atoms with Crippen LogP contribution in [0.3, 0.4) is 0 Å². The topological polar surface area (TPSA) is 40.5 Å². The largest absolute Gasteiger partial charge is 0.356 e. The van der Waals surface area contributed by atoms with Crippen molar-refractivity contribution in [1.82, 2.24) is 15.2 Å². The smallest absolute Gasteiger partial charge is 0.193 e. The summed E-state index contributed by atoms with van der Waals surface area (Å²) in [5.41, 5.74) is 1.13. The van der Waals surface area contributed by atoms with Crippen LogP contribution in [0, 0.1) is 6.92 Å². The van der Waals surface area contributed by atoms with Crippen LogP contribution in [0.2, 0.25) is 0 Å². The lowest BCUT2D eigenvalue weighted by molar-refractivity contribution is 0.464. The first-order valence-electron chi connectivity index (χ1n) is 7.00. The highest BCUT2D eigenvalue weighted by atomic mass is 127. The minimum Gasteiger partial charge on any atom is -0.356 e. The third-order valence-corrected chi connectivity index (χ3v) is 3.96. The third kappa shape index (κ3) is 7.42. The normalized spacial score (nSPS) is 11.1. The second-order valence-electron chi connectivity index (χ2n) is 4.74. The van der Waals surface area contributed by atoms with Crippen molar-refractivity contribution in [1.29, 1.82) is 0 Å². The lowest BCUT2D eigenvalue weighted by atomic mass is 10.3. The number of nitrogens with one attached hydrogen (secondary N) is 1. The molecule has 0 aromatic carbocycles. The van der Waals surface area contributed by atoms with E-state index >= 15 is 0 Å². The molecule has 1 N–H and O–H groups in total. The molecule has 0 aliphatic rings. The predicted molar refractivity (Wildman–Crippen MR) is 99.5 cm³/mol. The maximum Gasteiger partial charge on any atom is 0.193 e. The van der Waals surface area contributed by atoms with Crippen LogP contribution in [0.25, 0.3) is 0 Å². The van der Waals surface area contributed by atoms with Crippen molar-refractivity contribution < 1.29 is 0 Å². The number of unbranched alkanes of at least 4 members (excludes halogenated alkanes) is 1. The summed E-state index contributed by atoms with van der Waals surface area (Å²) in [6.45, 7) is 6.26. The fourth-order valence-corrected chi connectivity index (χ4v) is 2.66. The van der Waals surface area contributed by atoms with Gasteiger partial charge in [-0.15, -0.1) is 35.3 Å². The second kappa shape index (κ2) is 11.3. The van der Waals surface area contributed by atoms with Crippen molar-refractivity contribution in [3.8, 4) is 0 Å². The van der Waals surface area contributed by atoms with Gasteiger partial charge in [0.25, 0.3) is 0 Å². The Kier molecular flexibility index (Phi) is 11.1. The molecule has 0 bridgehead atoms. The molecule has 1 aromatic rings. The number of aliphatic imine (C=N–C) groups is 1. The van der Waals surface area contributed by atoms with Crippen molar-refractivity contribution in [2.75, 3.05) is 27.2 Å². The van der Waals surface area contributed by atoms with Gasteiger partial charge in [-0.3, -0.25) is 4.99 Å².